The molecule has 0 atom stereocenters. The molecule has 21 heavy (non-hydrogen) atoms. The van der Waals surface area contributed by atoms with E-state index in [-0.39, 0.29) is 10.5 Å². The molecule has 0 heterocycles. The summed E-state index contributed by atoms with van der Waals surface area (Å²) in [5.74, 6) is -4.98. The Morgan fingerprint density at radius 3 is 2.05 bits per heavy atom. The molecule has 0 aromatic heterocycles. The van der Waals surface area contributed by atoms with Gasteiger partial charge in [-0.15, -0.1) is 0 Å². The molecule has 0 spiro atoms. The van der Waals surface area contributed by atoms with Gasteiger partial charge in [0.25, 0.3) is 0 Å². The molecule has 0 fully saturated rings. The summed E-state index contributed by atoms with van der Waals surface area (Å²) in [6.07, 6.45) is 0. The van der Waals surface area contributed by atoms with Crippen molar-refractivity contribution in [1.82, 2.24) is 0 Å². The van der Waals surface area contributed by atoms with Crippen LogP contribution in [0.1, 0.15) is 15.9 Å². The highest BCUT2D eigenvalue weighted by Gasteiger charge is 2.21. The fourth-order valence-corrected chi connectivity index (χ4v) is 3.19. The first kappa shape index (κ1) is 15.1. The number of hydrogen-bond donors (Lipinski definition) is 1. The standard InChI is InChI=1S/C14H10F2O4S/c15-11-6-9(7-12(16)13(11)14(17)18)8-21(19,20)10-4-2-1-3-5-10/h1-7H,8H2,(H,17,18). The number of carboxylic acid groups (broad SMARTS) is 1. The summed E-state index contributed by atoms with van der Waals surface area (Å²) < 4.78 is 51.2. The third-order valence-corrected chi connectivity index (χ3v) is 4.48. The number of aromatic carboxylic acids is 1. The fraction of sp³-hybridized carbons (Fsp3) is 0.0714. The Kier molecular flexibility index (Phi) is 4.04. The smallest absolute Gasteiger partial charge is 0.341 e. The summed E-state index contributed by atoms with van der Waals surface area (Å²) in [6, 6.07) is 8.87. The van der Waals surface area contributed by atoms with E-state index in [0.717, 1.165) is 0 Å². The predicted molar refractivity (Wildman–Crippen MR) is 70.6 cm³/mol. The molecule has 0 aliphatic heterocycles. The van der Waals surface area contributed by atoms with E-state index in [1.165, 1.54) is 24.3 Å². The Bertz CT molecular complexity index is 763. The molecule has 0 radical (unpaired) electrons. The minimum absolute atomic E-state index is 0.0214. The monoisotopic (exact) mass is 312 g/mol. The van der Waals surface area contributed by atoms with Crippen LogP contribution in [0.15, 0.2) is 47.4 Å². The summed E-state index contributed by atoms with van der Waals surface area (Å²) in [4.78, 5) is 10.7. The molecule has 0 saturated heterocycles. The number of sulfone groups is 1. The quantitative estimate of drug-likeness (QED) is 0.942. The van der Waals surface area contributed by atoms with Crippen molar-refractivity contribution in [2.45, 2.75) is 10.6 Å². The highest BCUT2D eigenvalue weighted by molar-refractivity contribution is 7.90. The number of carboxylic acids is 1. The van der Waals surface area contributed by atoms with Crippen molar-refractivity contribution in [3.63, 3.8) is 0 Å². The molecule has 0 unspecified atom stereocenters. The summed E-state index contributed by atoms with van der Waals surface area (Å²) in [7, 11) is -3.76. The number of carbonyl (C=O) groups is 1. The molecule has 0 bridgehead atoms. The third kappa shape index (κ3) is 3.25. The Balaban J connectivity index is 2.39. The molecule has 0 aliphatic rings. The average Bonchev–Trinajstić information content (AvgIpc) is 2.37. The van der Waals surface area contributed by atoms with Gasteiger partial charge in [0, 0.05) is 0 Å². The second-order valence-electron chi connectivity index (χ2n) is 4.31. The van der Waals surface area contributed by atoms with Crippen LogP contribution in [0.25, 0.3) is 0 Å². The predicted octanol–water partition coefficient (Wildman–Crippen LogP) is 2.64. The van der Waals surface area contributed by atoms with Crippen LogP contribution >= 0.6 is 0 Å². The number of rotatable bonds is 4. The minimum atomic E-state index is -3.76. The van der Waals surface area contributed by atoms with Crippen LogP contribution in [0.4, 0.5) is 8.78 Å². The lowest BCUT2D eigenvalue weighted by Gasteiger charge is -2.07. The van der Waals surface area contributed by atoms with Gasteiger partial charge in [0.1, 0.15) is 17.2 Å². The van der Waals surface area contributed by atoms with E-state index in [0.29, 0.717) is 12.1 Å². The van der Waals surface area contributed by atoms with Gasteiger partial charge in [-0.1, -0.05) is 18.2 Å². The van der Waals surface area contributed by atoms with Gasteiger partial charge in [0.15, 0.2) is 9.84 Å². The molecule has 2 rings (SSSR count). The Labute approximate surface area is 119 Å². The first-order valence-corrected chi connectivity index (χ1v) is 7.45. The van der Waals surface area contributed by atoms with Crippen molar-refractivity contribution in [2.75, 3.05) is 0 Å². The summed E-state index contributed by atoms with van der Waals surface area (Å²) in [5.41, 5.74) is -1.25. The van der Waals surface area contributed by atoms with Gasteiger partial charge in [-0.25, -0.2) is 22.0 Å². The lowest BCUT2D eigenvalue weighted by Crippen LogP contribution is -2.09. The summed E-state index contributed by atoms with van der Waals surface area (Å²) in [6.45, 7) is 0. The maximum atomic E-state index is 13.5. The summed E-state index contributed by atoms with van der Waals surface area (Å²) in [5, 5.41) is 8.65. The van der Waals surface area contributed by atoms with Gasteiger partial charge in [0.05, 0.1) is 10.6 Å². The Hall–Kier alpha value is -2.28. The van der Waals surface area contributed by atoms with E-state index in [9.17, 15) is 22.0 Å². The maximum Gasteiger partial charge on any atom is 0.341 e. The Morgan fingerprint density at radius 2 is 1.57 bits per heavy atom. The molecule has 0 amide bonds. The van der Waals surface area contributed by atoms with E-state index in [1.54, 1.807) is 6.07 Å². The van der Waals surface area contributed by atoms with E-state index in [1.807, 2.05) is 0 Å². The topological polar surface area (TPSA) is 71.4 Å². The first-order valence-electron chi connectivity index (χ1n) is 5.80. The van der Waals surface area contributed by atoms with Gasteiger partial charge < -0.3 is 5.11 Å². The average molecular weight is 312 g/mol. The molecule has 7 heteroatoms. The van der Waals surface area contributed by atoms with Gasteiger partial charge in [-0.3, -0.25) is 0 Å². The molecular weight excluding hydrogens is 302 g/mol. The molecule has 1 N–H and O–H groups in total. The zero-order valence-corrected chi connectivity index (χ0v) is 11.4. The molecule has 0 aliphatic carbocycles. The number of benzene rings is 2. The van der Waals surface area contributed by atoms with Crippen LogP contribution in [-0.2, 0) is 15.6 Å². The highest BCUT2D eigenvalue weighted by Crippen LogP contribution is 2.20. The van der Waals surface area contributed by atoms with Crippen LogP contribution in [-0.4, -0.2) is 19.5 Å². The van der Waals surface area contributed by atoms with Crippen LogP contribution in [0, 0.1) is 11.6 Å². The van der Waals surface area contributed by atoms with Crippen LogP contribution in [0.3, 0.4) is 0 Å². The highest BCUT2D eigenvalue weighted by atomic mass is 32.2. The normalized spacial score (nSPS) is 11.3. The second-order valence-corrected chi connectivity index (χ2v) is 6.30. The van der Waals surface area contributed by atoms with E-state index in [4.69, 9.17) is 5.11 Å². The first-order chi connectivity index (χ1) is 9.81. The van der Waals surface area contributed by atoms with E-state index < -0.39 is 38.8 Å². The minimum Gasteiger partial charge on any atom is -0.477 e. The van der Waals surface area contributed by atoms with Crippen LogP contribution in [0.5, 0.6) is 0 Å². The molecule has 2 aromatic carbocycles. The number of halogens is 2. The molecule has 0 saturated carbocycles. The van der Waals surface area contributed by atoms with Crippen molar-refractivity contribution < 1.29 is 27.1 Å². The maximum absolute atomic E-state index is 13.5. The van der Waals surface area contributed by atoms with Crippen molar-refractivity contribution in [1.29, 1.82) is 0 Å². The lowest BCUT2D eigenvalue weighted by atomic mass is 10.1. The molecular formula is C14H10F2O4S. The van der Waals surface area contributed by atoms with Gasteiger partial charge in [0.2, 0.25) is 0 Å². The largest absolute Gasteiger partial charge is 0.477 e. The lowest BCUT2D eigenvalue weighted by molar-refractivity contribution is 0.0686. The molecule has 2 aromatic rings. The van der Waals surface area contributed by atoms with Gasteiger partial charge in [-0.05, 0) is 29.8 Å². The van der Waals surface area contributed by atoms with E-state index in [2.05, 4.69) is 0 Å². The van der Waals surface area contributed by atoms with Crippen molar-refractivity contribution in [3.05, 3.63) is 65.2 Å². The van der Waals surface area contributed by atoms with Gasteiger partial charge in [-0.2, -0.15) is 0 Å². The van der Waals surface area contributed by atoms with Crippen molar-refractivity contribution in [3.8, 4) is 0 Å². The second kappa shape index (κ2) is 5.61. The van der Waals surface area contributed by atoms with Crippen molar-refractivity contribution >= 4 is 15.8 Å². The zero-order chi connectivity index (χ0) is 15.6. The number of hydrogen-bond acceptors (Lipinski definition) is 3. The van der Waals surface area contributed by atoms with E-state index >= 15 is 0 Å². The summed E-state index contributed by atoms with van der Waals surface area (Å²) >= 11 is 0. The SMILES string of the molecule is O=C(O)c1c(F)cc(CS(=O)(=O)c2ccccc2)cc1F. The zero-order valence-electron chi connectivity index (χ0n) is 10.6. The van der Waals surface area contributed by atoms with Crippen LogP contribution in [0.2, 0.25) is 0 Å². The molecule has 110 valence electrons. The van der Waals surface area contributed by atoms with Gasteiger partial charge >= 0.3 is 5.97 Å². The Morgan fingerprint density at radius 1 is 1.05 bits per heavy atom. The van der Waals surface area contributed by atoms with Crippen molar-refractivity contribution in [2.24, 2.45) is 0 Å². The fourth-order valence-electron chi connectivity index (χ4n) is 1.84. The molecule has 4 nitrogen and oxygen atoms in total. The van der Waals surface area contributed by atoms with Crippen LogP contribution < -0.4 is 0 Å². The third-order valence-electron chi connectivity index (χ3n) is 2.77.